The van der Waals surface area contributed by atoms with Crippen LogP contribution in [0.5, 0.6) is 5.75 Å². The standard InChI is InChI=1S/C6H3ClF2N2O5S/c7-17(15,16)6-2(11(13)14)1-3(12)4(10-6)5(8)9/h1,5,12H. The van der Waals surface area contributed by atoms with Gasteiger partial charge in [-0.05, 0) is 0 Å². The molecule has 1 rings (SSSR count). The summed E-state index contributed by atoms with van der Waals surface area (Å²) in [7, 11) is 0.139. The molecule has 0 aromatic carbocycles. The van der Waals surface area contributed by atoms with Crippen molar-refractivity contribution in [2.75, 3.05) is 0 Å². The molecule has 0 bridgehead atoms. The predicted molar refractivity (Wildman–Crippen MR) is 50.6 cm³/mol. The molecule has 0 spiro atoms. The Kier molecular flexibility index (Phi) is 3.48. The minimum absolute atomic E-state index is 0.254. The third-order valence-corrected chi connectivity index (χ3v) is 2.81. The Morgan fingerprint density at radius 1 is 1.53 bits per heavy atom. The van der Waals surface area contributed by atoms with Crippen LogP contribution in [0.3, 0.4) is 0 Å². The molecule has 0 saturated heterocycles. The minimum Gasteiger partial charge on any atom is -0.506 e. The van der Waals surface area contributed by atoms with Crippen molar-refractivity contribution in [3.05, 3.63) is 21.9 Å². The highest BCUT2D eigenvalue weighted by Gasteiger charge is 2.30. The molecular weight excluding hydrogens is 286 g/mol. The zero-order valence-corrected chi connectivity index (χ0v) is 9.24. The molecule has 0 atom stereocenters. The van der Waals surface area contributed by atoms with Crippen LogP contribution in [0.2, 0.25) is 0 Å². The largest absolute Gasteiger partial charge is 0.506 e. The molecule has 1 N–H and O–H groups in total. The molecule has 17 heavy (non-hydrogen) atoms. The van der Waals surface area contributed by atoms with Gasteiger partial charge in [0, 0.05) is 10.7 Å². The first-order chi connectivity index (χ1) is 7.64. The molecule has 11 heteroatoms. The number of alkyl halides is 2. The van der Waals surface area contributed by atoms with Crippen molar-refractivity contribution in [2.45, 2.75) is 11.5 Å². The Morgan fingerprint density at radius 3 is 2.41 bits per heavy atom. The van der Waals surface area contributed by atoms with Gasteiger partial charge in [0.15, 0.2) is 0 Å². The Balaban J connectivity index is 3.66. The molecular formula is C6H3ClF2N2O5S. The number of nitrogens with zero attached hydrogens (tertiary/aromatic N) is 2. The summed E-state index contributed by atoms with van der Waals surface area (Å²) in [6.07, 6.45) is -3.30. The van der Waals surface area contributed by atoms with Gasteiger partial charge in [0.2, 0.25) is 5.03 Å². The molecule has 0 amide bonds. The van der Waals surface area contributed by atoms with E-state index in [9.17, 15) is 27.3 Å². The lowest BCUT2D eigenvalue weighted by atomic mass is 10.3. The average molecular weight is 289 g/mol. The molecule has 1 heterocycles. The number of pyridine rings is 1. The number of aromatic nitrogens is 1. The summed E-state index contributed by atoms with van der Waals surface area (Å²) >= 11 is 0. The van der Waals surface area contributed by atoms with Crippen LogP contribution in [-0.4, -0.2) is 23.4 Å². The summed E-state index contributed by atoms with van der Waals surface area (Å²) in [6, 6.07) is 0.254. The van der Waals surface area contributed by atoms with E-state index in [1.54, 1.807) is 0 Å². The van der Waals surface area contributed by atoms with Crippen molar-refractivity contribution in [3.8, 4) is 5.75 Å². The predicted octanol–water partition coefficient (Wildman–Crippen LogP) is 1.56. The summed E-state index contributed by atoms with van der Waals surface area (Å²) in [4.78, 5) is 12.0. The summed E-state index contributed by atoms with van der Waals surface area (Å²) < 4.78 is 46.4. The lowest BCUT2D eigenvalue weighted by Crippen LogP contribution is -2.05. The zero-order chi connectivity index (χ0) is 13.4. The minimum atomic E-state index is -4.68. The van der Waals surface area contributed by atoms with Gasteiger partial charge in [-0.3, -0.25) is 10.1 Å². The van der Waals surface area contributed by atoms with Crippen molar-refractivity contribution < 1.29 is 27.2 Å². The van der Waals surface area contributed by atoms with Crippen LogP contribution in [0.4, 0.5) is 14.5 Å². The Morgan fingerprint density at radius 2 is 2.06 bits per heavy atom. The zero-order valence-electron chi connectivity index (χ0n) is 7.67. The summed E-state index contributed by atoms with van der Waals surface area (Å²) in [5.74, 6) is -1.18. The second-order valence-electron chi connectivity index (χ2n) is 2.71. The Hall–Kier alpha value is -1.55. The van der Waals surface area contributed by atoms with E-state index in [0.717, 1.165) is 0 Å². The van der Waals surface area contributed by atoms with E-state index in [1.165, 1.54) is 0 Å². The fraction of sp³-hybridized carbons (Fsp3) is 0.167. The topological polar surface area (TPSA) is 110 Å². The number of hydrogen-bond acceptors (Lipinski definition) is 6. The second-order valence-corrected chi connectivity index (χ2v) is 5.19. The number of aromatic hydroxyl groups is 1. The van der Waals surface area contributed by atoms with E-state index in [0.29, 0.717) is 0 Å². The van der Waals surface area contributed by atoms with Crippen LogP contribution in [0.15, 0.2) is 11.1 Å². The van der Waals surface area contributed by atoms with Crippen LogP contribution in [0, 0.1) is 10.1 Å². The first-order valence-electron chi connectivity index (χ1n) is 3.75. The number of rotatable bonds is 3. The van der Waals surface area contributed by atoms with E-state index in [2.05, 4.69) is 4.98 Å². The van der Waals surface area contributed by atoms with Gasteiger partial charge < -0.3 is 5.11 Å². The molecule has 0 aliphatic heterocycles. The number of halogens is 3. The first kappa shape index (κ1) is 13.5. The first-order valence-corrected chi connectivity index (χ1v) is 6.06. The van der Waals surface area contributed by atoms with E-state index in [4.69, 9.17) is 15.8 Å². The van der Waals surface area contributed by atoms with Crippen molar-refractivity contribution in [2.24, 2.45) is 0 Å². The Bertz CT molecular complexity index is 576. The highest BCUT2D eigenvalue weighted by Crippen LogP contribution is 2.34. The van der Waals surface area contributed by atoms with Crippen LogP contribution in [0.25, 0.3) is 0 Å². The molecule has 94 valence electrons. The summed E-state index contributed by atoms with van der Waals surface area (Å²) in [5, 5.41) is 18.1. The van der Waals surface area contributed by atoms with Gasteiger partial charge in [0.25, 0.3) is 15.5 Å². The van der Waals surface area contributed by atoms with Gasteiger partial charge in [-0.15, -0.1) is 0 Å². The maximum Gasteiger partial charge on any atom is 0.311 e. The lowest BCUT2D eigenvalue weighted by Gasteiger charge is -2.04. The van der Waals surface area contributed by atoms with E-state index in [1.807, 2.05) is 0 Å². The van der Waals surface area contributed by atoms with E-state index < -0.39 is 42.6 Å². The molecule has 0 aliphatic carbocycles. The van der Waals surface area contributed by atoms with Gasteiger partial charge in [0.05, 0.1) is 11.0 Å². The van der Waals surface area contributed by atoms with Crippen LogP contribution >= 0.6 is 10.7 Å². The average Bonchev–Trinajstić information content (AvgIpc) is 2.14. The van der Waals surface area contributed by atoms with Gasteiger partial charge in [0.1, 0.15) is 11.4 Å². The molecule has 1 aromatic heterocycles. The third-order valence-electron chi connectivity index (χ3n) is 1.61. The fourth-order valence-electron chi connectivity index (χ4n) is 0.960. The van der Waals surface area contributed by atoms with E-state index in [-0.39, 0.29) is 6.07 Å². The number of hydrogen-bond donors (Lipinski definition) is 1. The van der Waals surface area contributed by atoms with Crippen molar-refractivity contribution >= 4 is 25.4 Å². The molecule has 0 fully saturated rings. The highest BCUT2D eigenvalue weighted by atomic mass is 35.7. The van der Waals surface area contributed by atoms with Gasteiger partial charge in [-0.2, -0.15) is 0 Å². The maximum atomic E-state index is 12.3. The van der Waals surface area contributed by atoms with Crippen molar-refractivity contribution in [1.82, 2.24) is 4.98 Å². The van der Waals surface area contributed by atoms with Crippen molar-refractivity contribution in [3.63, 3.8) is 0 Å². The maximum absolute atomic E-state index is 12.3. The lowest BCUT2D eigenvalue weighted by molar-refractivity contribution is -0.388. The SMILES string of the molecule is O=[N+]([O-])c1cc(O)c(C(F)F)nc1S(=O)(=O)Cl. The van der Waals surface area contributed by atoms with Crippen LogP contribution < -0.4 is 0 Å². The summed E-state index contributed by atoms with van der Waals surface area (Å²) in [5.41, 5.74) is -2.48. The molecule has 0 saturated carbocycles. The smallest absolute Gasteiger partial charge is 0.311 e. The highest BCUT2D eigenvalue weighted by molar-refractivity contribution is 8.13. The van der Waals surface area contributed by atoms with Crippen LogP contribution in [-0.2, 0) is 9.05 Å². The van der Waals surface area contributed by atoms with Gasteiger partial charge in [-0.1, -0.05) is 0 Å². The van der Waals surface area contributed by atoms with Crippen molar-refractivity contribution in [1.29, 1.82) is 0 Å². The molecule has 0 unspecified atom stereocenters. The molecule has 7 nitrogen and oxygen atoms in total. The summed E-state index contributed by atoms with van der Waals surface area (Å²) in [6.45, 7) is 0. The monoisotopic (exact) mass is 288 g/mol. The normalized spacial score (nSPS) is 11.8. The molecule has 0 radical (unpaired) electrons. The number of nitro groups is 1. The van der Waals surface area contributed by atoms with Crippen LogP contribution in [0.1, 0.15) is 12.1 Å². The molecule has 0 aliphatic rings. The molecule has 1 aromatic rings. The Labute approximate surface area is 97.2 Å². The van der Waals surface area contributed by atoms with Gasteiger partial charge >= 0.3 is 5.69 Å². The van der Waals surface area contributed by atoms with E-state index >= 15 is 0 Å². The fourth-order valence-corrected chi connectivity index (χ4v) is 1.89. The quantitative estimate of drug-likeness (QED) is 0.513. The second kappa shape index (κ2) is 4.37. The van der Waals surface area contributed by atoms with Gasteiger partial charge in [-0.25, -0.2) is 22.2 Å². The third kappa shape index (κ3) is 2.77.